The van der Waals surface area contributed by atoms with Crippen molar-refractivity contribution < 1.29 is 9.53 Å². The van der Waals surface area contributed by atoms with Gasteiger partial charge in [0.1, 0.15) is 0 Å². The van der Waals surface area contributed by atoms with Crippen LogP contribution in [-0.4, -0.2) is 37.7 Å². The molecule has 1 saturated heterocycles. The van der Waals surface area contributed by atoms with Crippen molar-refractivity contribution in [3.8, 4) is 0 Å². The van der Waals surface area contributed by atoms with E-state index in [9.17, 15) is 4.79 Å². The molecule has 1 saturated carbocycles. The summed E-state index contributed by atoms with van der Waals surface area (Å²) in [6.45, 7) is 4.56. The van der Waals surface area contributed by atoms with Crippen molar-refractivity contribution in [2.45, 2.75) is 57.6 Å². The Kier molecular flexibility index (Phi) is 5.45. The van der Waals surface area contributed by atoms with Gasteiger partial charge >= 0.3 is 0 Å². The zero-order valence-corrected chi connectivity index (χ0v) is 11.4. The fourth-order valence-corrected chi connectivity index (χ4v) is 3.02. The zero-order chi connectivity index (χ0) is 12.8. The van der Waals surface area contributed by atoms with Crippen LogP contribution >= 0.6 is 0 Å². The lowest BCUT2D eigenvalue weighted by Crippen LogP contribution is -2.44. The third-order valence-electron chi connectivity index (χ3n) is 4.16. The average molecular weight is 254 g/mol. The molecule has 1 unspecified atom stereocenters. The summed E-state index contributed by atoms with van der Waals surface area (Å²) < 4.78 is 5.55. The van der Waals surface area contributed by atoms with E-state index in [-0.39, 0.29) is 12.0 Å². The minimum atomic E-state index is 0.0531. The van der Waals surface area contributed by atoms with Crippen molar-refractivity contribution in [1.29, 1.82) is 0 Å². The van der Waals surface area contributed by atoms with Gasteiger partial charge in [-0.3, -0.25) is 4.79 Å². The summed E-state index contributed by atoms with van der Waals surface area (Å²) in [6, 6.07) is 0.314. The van der Waals surface area contributed by atoms with E-state index in [1.54, 1.807) is 0 Å². The predicted molar refractivity (Wildman–Crippen MR) is 71.4 cm³/mol. The van der Waals surface area contributed by atoms with Crippen molar-refractivity contribution >= 4 is 5.91 Å². The first-order valence-electron chi connectivity index (χ1n) is 7.37. The quantitative estimate of drug-likeness (QED) is 0.798. The molecule has 2 aliphatic rings. The van der Waals surface area contributed by atoms with Crippen LogP contribution < -0.4 is 10.6 Å². The van der Waals surface area contributed by atoms with Gasteiger partial charge in [0.2, 0.25) is 5.91 Å². The van der Waals surface area contributed by atoms with Crippen molar-refractivity contribution in [2.75, 3.05) is 19.7 Å². The minimum absolute atomic E-state index is 0.0531. The van der Waals surface area contributed by atoms with E-state index in [4.69, 9.17) is 4.74 Å². The molecule has 0 aromatic rings. The Morgan fingerprint density at radius 2 is 2.17 bits per heavy atom. The number of ether oxygens (including phenoxy) is 1. The third-order valence-corrected chi connectivity index (χ3v) is 4.16. The SMILES string of the molecule is C[C@H](NC(=O)CC1CNCCO1)C1CCCCC1. The van der Waals surface area contributed by atoms with Crippen LogP contribution in [0.15, 0.2) is 0 Å². The molecule has 4 nitrogen and oxygen atoms in total. The van der Waals surface area contributed by atoms with E-state index in [2.05, 4.69) is 17.6 Å². The van der Waals surface area contributed by atoms with Crippen LogP contribution in [0.2, 0.25) is 0 Å². The molecule has 0 bridgehead atoms. The predicted octanol–water partition coefficient (Wildman–Crippen LogP) is 1.45. The molecular weight excluding hydrogens is 228 g/mol. The van der Waals surface area contributed by atoms with Crippen LogP contribution in [0.4, 0.5) is 0 Å². The summed E-state index contributed by atoms with van der Waals surface area (Å²) in [5, 5.41) is 6.40. The number of nitrogens with one attached hydrogen (secondary N) is 2. The highest BCUT2D eigenvalue weighted by Gasteiger charge is 2.23. The summed E-state index contributed by atoms with van der Waals surface area (Å²) >= 11 is 0. The number of carbonyl (C=O) groups excluding carboxylic acids is 1. The van der Waals surface area contributed by atoms with Gasteiger partial charge in [-0.1, -0.05) is 19.3 Å². The van der Waals surface area contributed by atoms with E-state index in [0.29, 0.717) is 18.4 Å². The highest BCUT2D eigenvalue weighted by atomic mass is 16.5. The monoisotopic (exact) mass is 254 g/mol. The average Bonchev–Trinajstić information content (AvgIpc) is 2.40. The lowest BCUT2D eigenvalue weighted by molar-refractivity contribution is -0.125. The lowest BCUT2D eigenvalue weighted by atomic mass is 9.84. The Balaban J connectivity index is 1.68. The van der Waals surface area contributed by atoms with E-state index >= 15 is 0 Å². The first-order valence-corrected chi connectivity index (χ1v) is 7.37. The van der Waals surface area contributed by atoms with Gasteiger partial charge in [0, 0.05) is 19.1 Å². The summed E-state index contributed by atoms with van der Waals surface area (Å²) in [7, 11) is 0. The first kappa shape index (κ1) is 13.8. The molecule has 18 heavy (non-hydrogen) atoms. The molecular formula is C14H26N2O2. The molecule has 1 heterocycles. The highest BCUT2D eigenvalue weighted by Crippen LogP contribution is 2.26. The standard InChI is InChI=1S/C14H26N2O2/c1-11(12-5-3-2-4-6-12)16-14(17)9-13-10-15-7-8-18-13/h11-13,15H,2-10H2,1H3,(H,16,17)/t11-,13?/m0/s1. The van der Waals surface area contributed by atoms with E-state index in [0.717, 1.165) is 19.7 Å². The molecule has 1 aliphatic heterocycles. The Morgan fingerprint density at radius 3 is 2.83 bits per heavy atom. The molecule has 0 spiro atoms. The van der Waals surface area contributed by atoms with Crippen LogP contribution in [0.5, 0.6) is 0 Å². The second kappa shape index (κ2) is 7.10. The molecule has 2 fully saturated rings. The Bertz CT molecular complexity index is 259. The van der Waals surface area contributed by atoms with Gasteiger partial charge in [-0.15, -0.1) is 0 Å². The fraction of sp³-hybridized carbons (Fsp3) is 0.929. The molecule has 2 atom stereocenters. The van der Waals surface area contributed by atoms with E-state index in [1.165, 1.54) is 32.1 Å². The fourth-order valence-electron chi connectivity index (χ4n) is 3.02. The molecule has 1 amide bonds. The van der Waals surface area contributed by atoms with Crippen molar-refractivity contribution in [2.24, 2.45) is 5.92 Å². The van der Waals surface area contributed by atoms with Crippen LogP contribution in [0, 0.1) is 5.92 Å². The number of amides is 1. The summed E-state index contributed by atoms with van der Waals surface area (Å²) in [4.78, 5) is 11.9. The number of rotatable bonds is 4. The largest absolute Gasteiger partial charge is 0.375 e. The number of carbonyl (C=O) groups is 1. The smallest absolute Gasteiger partial charge is 0.222 e. The van der Waals surface area contributed by atoms with Crippen LogP contribution in [0.1, 0.15) is 45.4 Å². The zero-order valence-electron chi connectivity index (χ0n) is 11.4. The van der Waals surface area contributed by atoms with Crippen molar-refractivity contribution in [3.63, 3.8) is 0 Å². The minimum Gasteiger partial charge on any atom is -0.375 e. The van der Waals surface area contributed by atoms with Crippen LogP contribution in [-0.2, 0) is 9.53 Å². The summed E-state index contributed by atoms with van der Waals surface area (Å²) in [5.41, 5.74) is 0. The number of morpholine rings is 1. The maximum atomic E-state index is 11.9. The molecule has 104 valence electrons. The Morgan fingerprint density at radius 1 is 1.39 bits per heavy atom. The molecule has 4 heteroatoms. The second-order valence-electron chi connectivity index (χ2n) is 5.66. The Labute approximate surface area is 110 Å². The number of hydrogen-bond acceptors (Lipinski definition) is 3. The maximum Gasteiger partial charge on any atom is 0.222 e. The van der Waals surface area contributed by atoms with Gasteiger partial charge in [0.25, 0.3) is 0 Å². The summed E-state index contributed by atoms with van der Waals surface area (Å²) in [6.07, 6.45) is 7.08. The van der Waals surface area contributed by atoms with Gasteiger partial charge in [-0.25, -0.2) is 0 Å². The lowest BCUT2D eigenvalue weighted by Gasteiger charge is -2.29. The van der Waals surface area contributed by atoms with Crippen LogP contribution in [0.25, 0.3) is 0 Å². The van der Waals surface area contributed by atoms with Crippen molar-refractivity contribution in [3.05, 3.63) is 0 Å². The molecule has 0 aromatic carbocycles. The molecule has 0 aromatic heterocycles. The maximum absolute atomic E-state index is 11.9. The van der Waals surface area contributed by atoms with Gasteiger partial charge < -0.3 is 15.4 Å². The van der Waals surface area contributed by atoms with Gasteiger partial charge in [-0.05, 0) is 25.7 Å². The van der Waals surface area contributed by atoms with Crippen LogP contribution in [0.3, 0.4) is 0 Å². The van der Waals surface area contributed by atoms with E-state index < -0.39 is 0 Å². The van der Waals surface area contributed by atoms with E-state index in [1.807, 2.05) is 0 Å². The first-order chi connectivity index (χ1) is 8.75. The number of hydrogen-bond donors (Lipinski definition) is 2. The second-order valence-corrected chi connectivity index (χ2v) is 5.66. The summed E-state index contributed by atoms with van der Waals surface area (Å²) in [5.74, 6) is 0.815. The molecule has 1 aliphatic carbocycles. The topological polar surface area (TPSA) is 50.4 Å². The van der Waals surface area contributed by atoms with Gasteiger partial charge in [0.15, 0.2) is 0 Å². The molecule has 2 rings (SSSR count). The highest BCUT2D eigenvalue weighted by molar-refractivity contribution is 5.76. The van der Waals surface area contributed by atoms with Crippen molar-refractivity contribution in [1.82, 2.24) is 10.6 Å². The van der Waals surface area contributed by atoms with Gasteiger partial charge in [-0.2, -0.15) is 0 Å². The molecule has 2 N–H and O–H groups in total. The Hall–Kier alpha value is -0.610. The third kappa shape index (κ3) is 4.25. The molecule has 0 radical (unpaired) electrons. The van der Waals surface area contributed by atoms with Gasteiger partial charge in [0.05, 0.1) is 19.1 Å². The normalized spacial score (nSPS) is 27.7.